The fraction of sp³-hybridized carbons (Fsp3) is 0.286. The molecular weight excluding hydrogens is 390 g/mol. The zero-order valence-electron chi connectivity index (χ0n) is 16.3. The summed E-state index contributed by atoms with van der Waals surface area (Å²) in [4.78, 5) is 30.1. The standard InChI is InChI=1S/C21H23N3O4S/c1-14(19(26)22-15-8-10-16(28-2)11-9-15)29-21-23-18-7-4-3-6-17(18)20(27)24(21)12-5-13-25/h3-4,6-11,14,25H,5,12-13H2,1-2H3,(H,22,26). The van der Waals surface area contributed by atoms with E-state index >= 15 is 0 Å². The first-order valence-corrected chi connectivity index (χ1v) is 10.1. The number of carbonyl (C=O) groups excluding carboxylic acids is 1. The van der Waals surface area contributed by atoms with Gasteiger partial charge >= 0.3 is 0 Å². The second kappa shape index (κ2) is 9.58. The van der Waals surface area contributed by atoms with Crippen molar-refractivity contribution in [3.63, 3.8) is 0 Å². The van der Waals surface area contributed by atoms with E-state index in [-0.39, 0.29) is 18.1 Å². The van der Waals surface area contributed by atoms with E-state index in [0.29, 0.717) is 40.5 Å². The van der Waals surface area contributed by atoms with Gasteiger partial charge in [0.15, 0.2) is 5.16 Å². The molecule has 29 heavy (non-hydrogen) atoms. The summed E-state index contributed by atoms with van der Waals surface area (Å²) in [6.45, 7) is 2.07. The topological polar surface area (TPSA) is 93.5 Å². The Hall–Kier alpha value is -2.84. The number of aliphatic hydroxyl groups is 1. The summed E-state index contributed by atoms with van der Waals surface area (Å²) in [5, 5.41) is 12.5. The van der Waals surface area contributed by atoms with E-state index in [4.69, 9.17) is 4.74 Å². The number of para-hydroxylation sites is 1. The molecule has 0 saturated heterocycles. The van der Waals surface area contributed by atoms with Crippen molar-refractivity contribution >= 4 is 34.3 Å². The Bertz CT molecular complexity index is 1050. The van der Waals surface area contributed by atoms with Crippen LogP contribution in [0.15, 0.2) is 58.5 Å². The van der Waals surface area contributed by atoms with Gasteiger partial charge in [-0.2, -0.15) is 0 Å². The molecule has 1 unspecified atom stereocenters. The van der Waals surface area contributed by atoms with Gasteiger partial charge in [0, 0.05) is 18.8 Å². The number of nitrogens with zero attached hydrogens (tertiary/aromatic N) is 2. The minimum absolute atomic E-state index is 0.0309. The zero-order valence-corrected chi connectivity index (χ0v) is 17.1. The average molecular weight is 413 g/mol. The number of ether oxygens (including phenoxy) is 1. The molecule has 0 bridgehead atoms. The largest absolute Gasteiger partial charge is 0.497 e. The van der Waals surface area contributed by atoms with Gasteiger partial charge in [-0.15, -0.1) is 0 Å². The van der Waals surface area contributed by atoms with Gasteiger partial charge in [0.1, 0.15) is 5.75 Å². The van der Waals surface area contributed by atoms with Crippen molar-refractivity contribution in [1.82, 2.24) is 9.55 Å². The van der Waals surface area contributed by atoms with Gasteiger partial charge in [-0.25, -0.2) is 4.98 Å². The van der Waals surface area contributed by atoms with Crippen LogP contribution in [-0.2, 0) is 11.3 Å². The molecule has 0 aliphatic carbocycles. The summed E-state index contributed by atoms with van der Waals surface area (Å²) in [5.41, 5.74) is 1.07. The van der Waals surface area contributed by atoms with E-state index in [9.17, 15) is 14.7 Å². The molecule has 1 amide bonds. The summed E-state index contributed by atoms with van der Waals surface area (Å²) >= 11 is 1.22. The number of fused-ring (bicyclic) bond motifs is 1. The lowest BCUT2D eigenvalue weighted by atomic mass is 10.2. The van der Waals surface area contributed by atoms with E-state index < -0.39 is 5.25 Å². The SMILES string of the molecule is COc1ccc(NC(=O)C(C)Sc2nc3ccccc3c(=O)n2CCCO)cc1. The number of methoxy groups -OCH3 is 1. The Balaban J connectivity index is 1.83. The van der Waals surface area contributed by atoms with E-state index in [1.54, 1.807) is 56.5 Å². The van der Waals surface area contributed by atoms with Crippen LogP contribution in [0.2, 0.25) is 0 Å². The maximum absolute atomic E-state index is 12.9. The number of nitrogens with one attached hydrogen (secondary N) is 1. The van der Waals surface area contributed by atoms with Crippen LogP contribution < -0.4 is 15.6 Å². The molecule has 0 saturated carbocycles. The van der Waals surface area contributed by atoms with Gasteiger partial charge in [-0.3, -0.25) is 14.2 Å². The average Bonchev–Trinajstić information content (AvgIpc) is 2.74. The molecule has 1 aromatic heterocycles. The summed E-state index contributed by atoms with van der Waals surface area (Å²) in [7, 11) is 1.58. The zero-order chi connectivity index (χ0) is 20.8. The molecule has 0 radical (unpaired) electrons. The van der Waals surface area contributed by atoms with Gasteiger partial charge < -0.3 is 15.2 Å². The highest BCUT2D eigenvalue weighted by Gasteiger charge is 2.19. The number of rotatable bonds is 8. The molecule has 7 nitrogen and oxygen atoms in total. The molecule has 8 heteroatoms. The molecule has 152 valence electrons. The lowest BCUT2D eigenvalue weighted by Crippen LogP contribution is -2.27. The Morgan fingerprint density at radius 2 is 1.97 bits per heavy atom. The Labute approximate surface area is 172 Å². The predicted molar refractivity (Wildman–Crippen MR) is 115 cm³/mol. The van der Waals surface area contributed by atoms with Crippen LogP contribution in [0.1, 0.15) is 13.3 Å². The van der Waals surface area contributed by atoms with E-state index in [0.717, 1.165) is 0 Å². The van der Waals surface area contributed by atoms with Crippen LogP contribution >= 0.6 is 11.8 Å². The molecule has 3 aromatic rings. The summed E-state index contributed by atoms with van der Waals surface area (Å²) in [6, 6.07) is 14.2. The maximum Gasteiger partial charge on any atom is 0.262 e. The molecule has 2 N–H and O–H groups in total. The molecule has 0 aliphatic heterocycles. The highest BCUT2D eigenvalue weighted by atomic mass is 32.2. The predicted octanol–water partition coefficient (Wildman–Crippen LogP) is 2.91. The van der Waals surface area contributed by atoms with Crippen molar-refractivity contribution in [3.05, 3.63) is 58.9 Å². The number of hydrogen-bond acceptors (Lipinski definition) is 6. The van der Waals surface area contributed by atoms with Crippen molar-refractivity contribution in [2.45, 2.75) is 30.3 Å². The van der Waals surface area contributed by atoms with E-state index in [1.807, 2.05) is 6.07 Å². The number of thioether (sulfide) groups is 1. The minimum atomic E-state index is -0.481. The molecular formula is C21H23N3O4S. The van der Waals surface area contributed by atoms with Crippen molar-refractivity contribution in [3.8, 4) is 5.75 Å². The van der Waals surface area contributed by atoms with Crippen LogP contribution in [0.25, 0.3) is 10.9 Å². The summed E-state index contributed by atoms with van der Waals surface area (Å²) < 4.78 is 6.65. The second-order valence-corrected chi connectivity index (χ2v) is 7.73. The molecule has 3 rings (SSSR count). The fourth-order valence-corrected chi connectivity index (χ4v) is 3.73. The quantitative estimate of drug-likeness (QED) is 0.436. The third-order valence-corrected chi connectivity index (χ3v) is 5.47. The molecule has 0 fully saturated rings. The van der Waals surface area contributed by atoms with Crippen molar-refractivity contribution in [2.75, 3.05) is 19.0 Å². The fourth-order valence-electron chi connectivity index (χ4n) is 2.79. The molecule has 2 aromatic carbocycles. The molecule has 0 spiro atoms. The van der Waals surface area contributed by atoms with Gasteiger partial charge in [-0.1, -0.05) is 23.9 Å². The second-order valence-electron chi connectivity index (χ2n) is 6.42. The van der Waals surface area contributed by atoms with Crippen molar-refractivity contribution in [1.29, 1.82) is 0 Å². The number of anilines is 1. The third kappa shape index (κ3) is 4.96. The maximum atomic E-state index is 12.9. The van der Waals surface area contributed by atoms with Gasteiger partial charge in [0.05, 0.1) is 23.3 Å². The van der Waals surface area contributed by atoms with E-state index in [1.165, 1.54) is 16.3 Å². The van der Waals surface area contributed by atoms with Crippen LogP contribution in [0, 0.1) is 0 Å². The van der Waals surface area contributed by atoms with Crippen LogP contribution in [0.4, 0.5) is 5.69 Å². The third-order valence-electron chi connectivity index (χ3n) is 4.38. The van der Waals surface area contributed by atoms with Gasteiger partial charge in [-0.05, 0) is 49.7 Å². The minimum Gasteiger partial charge on any atom is -0.497 e. The molecule has 1 heterocycles. The monoisotopic (exact) mass is 413 g/mol. The van der Waals surface area contributed by atoms with E-state index in [2.05, 4.69) is 10.3 Å². The number of aromatic nitrogens is 2. The summed E-state index contributed by atoms with van der Waals surface area (Å²) in [5.74, 6) is 0.509. The molecule has 0 aliphatic rings. The smallest absolute Gasteiger partial charge is 0.262 e. The first-order chi connectivity index (χ1) is 14.0. The Morgan fingerprint density at radius 3 is 2.66 bits per heavy atom. The number of aliphatic hydroxyl groups excluding tert-OH is 1. The Morgan fingerprint density at radius 1 is 1.24 bits per heavy atom. The molecule has 1 atom stereocenters. The highest BCUT2D eigenvalue weighted by Crippen LogP contribution is 2.24. The van der Waals surface area contributed by atoms with Crippen LogP contribution in [0.5, 0.6) is 5.75 Å². The lowest BCUT2D eigenvalue weighted by molar-refractivity contribution is -0.115. The number of benzene rings is 2. The number of hydrogen-bond donors (Lipinski definition) is 2. The normalized spacial score (nSPS) is 12.0. The first kappa shape index (κ1) is 20.9. The Kier molecular flexibility index (Phi) is 6.90. The first-order valence-electron chi connectivity index (χ1n) is 9.25. The van der Waals surface area contributed by atoms with Crippen molar-refractivity contribution in [2.24, 2.45) is 0 Å². The van der Waals surface area contributed by atoms with Crippen LogP contribution in [-0.4, -0.2) is 39.5 Å². The lowest BCUT2D eigenvalue weighted by Gasteiger charge is -2.16. The summed E-state index contributed by atoms with van der Waals surface area (Å²) in [6.07, 6.45) is 0.430. The number of amides is 1. The number of carbonyl (C=O) groups is 1. The van der Waals surface area contributed by atoms with Gasteiger partial charge in [0.25, 0.3) is 5.56 Å². The van der Waals surface area contributed by atoms with Crippen LogP contribution in [0.3, 0.4) is 0 Å². The highest BCUT2D eigenvalue weighted by molar-refractivity contribution is 8.00. The van der Waals surface area contributed by atoms with Crippen molar-refractivity contribution < 1.29 is 14.6 Å². The van der Waals surface area contributed by atoms with Gasteiger partial charge in [0.2, 0.25) is 5.91 Å².